The average molecular weight is 301 g/mol. The molecule has 0 aliphatic heterocycles. The summed E-state index contributed by atoms with van der Waals surface area (Å²) < 4.78 is 50.5. The number of aliphatic hydroxyl groups is 1. The molecule has 1 aromatic rings. The van der Waals surface area contributed by atoms with Crippen molar-refractivity contribution in [2.24, 2.45) is 0 Å². The van der Waals surface area contributed by atoms with Crippen LogP contribution < -0.4 is 10.5 Å². The van der Waals surface area contributed by atoms with Crippen LogP contribution in [-0.2, 0) is 10.0 Å². The van der Waals surface area contributed by atoms with Crippen molar-refractivity contribution in [2.45, 2.75) is 10.8 Å². The second-order valence-corrected chi connectivity index (χ2v) is 5.67. The molecule has 18 heavy (non-hydrogen) atoms. The molecule has 0 atom stereocenters. The summed E-state index contributed by atoms with van der Waals surface area (Å²) in [6.07, 6.45) is 0. The monoisotopic (exact) mass is 300 g/mol. The average Bonchev–Trinajstić information content (AvgIpc) is 2.26. The molecule has 0 aliphatic rings. The molecule has 1 rings (SSSR count). The molecule has 0 spiro atoms. The summed E-state index contributed by atoms with van der Waals surface area (Å²) in [7, 11) is -4.18. The van der Waals surface area contributed by atoms with Crippen LogP contribution in [-0.4, -0.2) is 32.6 Å². The van der Waals surface area contributed by atoms with E-state index in [0.29, 0.717) is 0 Å². The van der Waals surface area contributed by atoms with E-state index in [1.807, 2.05) is 0 Å². The summed E-state index contributed by atoms with van der Waals surface area (Å²) in [6.45, 7) is -2.67. The van der Waals surface area contributed by atoms with Gasteiger partial charge in [0.05, 0.1) is 11.6 Å². The van der Waals surface area contributed by atoms with Crippen molar-refractivity contribution in [1.82, 2.24) is 4.72 Å². The molecule has 4 N–H and O–H groups in total. The molecule has 9 heteroatoms. The van der Waals surface area contributed by atoms with Crippen molar-refractivity contribution < 1.29 is 22.3 Å². The smallest absolute Gasteiger partial charge is 0.283 e. The van der Waals surface area contributed by atoms with Gasteiger partial charge < -0.3 is 10.8 Å². The fourth-order valence-corrected chi connectivity index (χ4v) is 2.68. The Morgan fingerprint density at radius 1 is 1.44 bits per heavy atom. The van der Waals surface area contributed by atoms with Gasteiger partial charge in [-0.2, -0.15) is 0 Å². The Morgan fingerprint density at radius 3 is 2.56 bits per heavy atom. The SMILES string of the molecule is Nc1ccc(S(=O)(=O)NCC(F)(F)CO)c(Cl)c1. The van der Waals surface area contributed by atoms with Gasteiger partial charge in [-0.05, 0) is 18.2 Å². The summed E-state index contributed by atoms with van der Waals surface area (Å²) in [5.41, 5.74) is 5.63. The largest absolute Gasteiger partial charge is 0.399 e. The number of hydrogen-bond donors (Lipinski definition) is 3. The summed E-state index contributed by atoms with van der Waals surface area (Å²) in [6, 6.07) is 3.59. The first-order valence-corrected chi connectivity index (χ1v) is 6.57. The van der Waals surface area contributed by atoms with E-state index in [-0.39, 0.29) is 15.6 Å². The highest BCUT2D eigenvalue weighted by Gasteiger charge is 2.30. The van der Waals surface area contributed by atoms with Crippen LogP contribution >= 0.6 is 11.6 Å². The molecule has 0 heterocycles. The van der Waals surface area contributed by atoms with Crippen molar-refractivity contribution >= 4 is 27.3 Å². The Hall–Kier alpha value is -0.960. The molecule has 0 saturated heterocycles. The van der Waals surface area contributed by atoms with Crippen LogP contribution in [0.1, 0.15) is 0 Å². The second kappa shape index (κ2) is 5.35. The molecule has 0 aliphatic carbocycles. The van der Waals surface area contributed by atoms with Crippen molar-refractivity contribution in [3.8, 4) is 0 Å². The summed E-state index contributed by atoms with van der Waals surface area (Å²) >= 11 is 5.66. The molecule has 0 radical (unpaired) electrons. The van der Waals surface area contributed by atoms with E-state index in [4.69, 9.17) is 22.4 Å². The van der Waals surface area contributed by atoms with Crippen LogP contribution in [0.5, 0.6) is 0 Å². The number of nitrogens with one attached hydrogen (secondary N) is 1. The third-order valence-corrected chi connectivity index (χ3v) is 3.88. The van der Waals surface area contributed by atoms with Gasteiger partial charge in [0.25, 0.3) is 5.92 Å². The normalized spacial score (nSPS) is 12.7. The molecule has 0 saturated carbocycles. The van der Waals surface area contributed by atoms with E-state index in [2.05, 4.69) is 0 Å². The van der Waals surface area contributed by atoms with Crippen LogP contribution in [0.2, 0.25) is 5.02 Å². The van der Waals surface area contributed by atoms with Gasteiger partial charge in [0.2, 0.25) is 10.0 Å². The van der Waals surface area contributed by atoms with Gasteiger partial charge in [-0.15, -0.1) is 0 Å². The van der Waals surface area contributed by atoms with Gasteiger partial charge >= 0.3 is 0 Å². The zero-order chi connectivity index (χ0) is 14.0. The zero-order valence-electron chi connectivity index (χ0n) is 9.03. The van der Waals surface area contributed by atoms with Crippen molar-refractivity contribution in [1.29, 1.82) is 0 Å². The Bertz CT molecular complexity index is 537. The van der Waals surface area contributed by atoms with Gasteiger partial charge in [0.15, 0.2) is 0 Å². The molecule has 0 unspecified atom stereocenters. The minimum Gasteiger partial charge on any atom is -0.399 e. The lowest BCUT2D eigenvalue weighted by molar-refractivity contribution is -0.0437. The molecule has 102 valence electrons. The van der Waals surface area contributed by atoms with Crippen LogP contribution in [0.25, 0.3) is 0 Å². The molecule has 1 aromatic carbocycles. The summed E-state index contributed by atoms with van der Waals surface area (Å²) in [5.74, 6) is -3.53. The Kier molecular flexibility index (Phi) is 4.49. The summed E-state index contributed by atoms with van der Waals surface area (Å²) in [5, 5.41) is 8.15. The number of anilines is 1. The maximum atomic E-state index is 12.7. The minimum absolute atomic E-state index is 0.171. The number of hydrogen-bond acceptors (Lipinski definition) is 4. The number of halogens is 3. The zero-order valence-corrected chi connectivity index (χ0v) is 10.6. The molecule has 0 aromatic heterocycles. The van der Waals surface area contributed by atoms with E-state index in [1.54, 1.807) is 4.72 Å². The number of benzene rings is 1. The van der Waals surface area contributed by atoms with Crippen molar-refractivity contribution in [3.63, 3.8) is 0 Å². The lowest BCUT2D eigenvalue weighted by Crippen LogP contribution is -2.39. The quantitative estimate of drug-likeness (QED) is 0.702. The predicted molar refractivity (Wildman–Crippen MR) is 63.1 cm³/mol. The second-order valence-electron chi connectivity index (χ2n) is 3.53. The predicted octanol–water partition coefficient (Wildman–Crippen LogP) is 0.828. The Morgan fingerprint density at radius 2 is 2.06 bits per heavy atom. The third-order valence-electron chi connectivity index (χ3n) is 2.00. The number of rotatable bonds is 5. The highest BCUT2D eigenvalue weighted by molar-refractivity contribution is 7.89. The standard InChI is InChI=1S/C9H11ClF2N2O3S/c10-7-3-6(13)1-2-8(7)18(16,17)14-4-9(11,12)5-15/h1-3,14-15H,4-5,13H2. The first-order valence-electron chi connectivity index (χ1n) is 4.71. The number of nitrogens with two attached hydrogens (primary N) is 1. The van der Waals surface area contributed by atoms with E-state index < -0.39 is 29.1 Å². The number of alkyl halides is 2. The fraction of sp³-hybridized carbons (Fsp3) is 0.333. The molecular formula is C9H11ClF2N2O3S. The fourth-order valence-electron chi connectivity index (χ4n) is 1.07. The van der Waals surface area contributed by atoms with Crippen LogP contribution in [0.15, 0.2) is 23.1 Å². The maximum Gasteiger partial charge on any atom is 0.283 e. The summed E-state index contributed by atoms with van der Waals surface area (Å²) in [4.78, 5) is -0.355. The van der Waals surface area contributed by atoms with Gasteiger partial charge in [-0.25, -0.2) is 21.9 Å². The highest BCUT2D eigenvalue weighted by atomic mass is 35.5. The molecular weight excluding hydrogens is 290 g/mol. The van der Waals surface area contributed by atoms with Crippen LogP contribution in [0.3, 0.4) is 0 Å². The third kappa shape index (κ3) is 3.77. The van der Waals surface area contributed by atoms with E-state index in [1.165, 1.54) is 12.1 Å². The molecule has 0 fully saturated rings. The van der Waals surface area contributed by atoms with E-state index >= 15 is 0 Å². The van der Waals surface area contributed by atoms with E-state index in [9.17, 15) is 17.2 Å². The topological polar surface area (TPSA) is 92.4 Å². The van der Waals surface area contributed by atoms with Gasteiger partial charge in [-0.1, -0.05) is 11.6 Å². The van der Waals surface area contributed by atoms with Crippen LogP contribution in [0, 0.1) is 0 Å². The molecule has 0 bridgehead atoms. The molecule has 5 nitrogen and oxygen atoms in total. The van der Waals surface area contributed by atoms with E-state index in [0.717, 1.165) is 6.07 Å². The lowest BCUT2D eigenvalue weighted by atomic mass is 10.3. The number of aliphatic hydroxyl groups excluding tert-OH is 1. The Labute approximate surface area is 108 Å². The maximum absolute atomic E-state index is 12.7. The van der Waals surface area contributed by atoms with Gasteiger partial charge in [0, 0.05) is 5.69 Å². The number of sulfonamides is 1. The van der Waals surface area contributed by atoms with Gasteiger partial charge in [0.1, 0.15) is 11.5 Å². The first kappa shape index (κ1) is 15.1. The first-order chi connectivity index (χ1) is 8.18. The Balaban J connectivity index is 2.94. The van der Waals surface area contributed by atoms with Crippen molar-refractivity contribution in [3.05, 3.63) is 23.2 Å². The molecule has 0 amide bonds. The minimum atomic E-state index is -4.18. The lowest BCUT2D eigenvalue weighted by Gasteiger charge is -2.14. The van der Waals surface area contributed by atoms with Crippen LogP contribution in [0.4, 0.5) is 14.5 Å². The van der Waals surface area contributed by atoms with Gasteiger partial charge in [-0.3, -0.25) is 0 Å². The highest BCUT2D eigenvalue weighted by Crippen LogP contribution is 2.24. The number of nitrogen functional groups attached to an aromatic ring is 1. The van der Waals surface area contributed by atoms with Crippen molar-refractivity contribution in [2.75, 3.05) is 18.9 Å².